The smallest absolute Gasteiger partial charge is 0.258 e. The van der Waals surface area contributed by atoms with Crippen molar-refractivity contribution in [1.29, 1.82) is 5.26 Å². The fourth-order valence-electron chi connectivity index (χ4n) is 4.26. The fraction of sp³-hybridized carbons (Fsp3) is 0.320. The number of nitrogens with zero attached hydrogens (tertiary/aromatic N) is 3. The standard InChI is InChI=1S/C25H26N4O2S/c1-5-27-24(32)28(4)15-20-22(29-14-17-8-6-7-9-18(17)23(29)30)19-12-16(13-26)10-11-21(19)31-25(20,2)3/h6-12H,5,14-15H2,1-4H3,(H,27,32). The molecule has 7 heteroatoms. The summed E-state index contributed by atoms with van der Waals surface area (Å²) in [6.07, 6.45) is 0. The van der Waals surface area contributed by atoms with Crippen LogP contribution in [0.3, 0.4) is 0 Å². The number of likely N-dealkylation sites (N-methyl/N-ethyl adjacent to an activating group) is 1. The van der Waals surface area contributed by atoms with Crippen molar-refractivity contribution in [2.24, 2.45) is 0 Å². The highest BCUT2D eigenvalue weighted by molar-refractivity contribution is 7.80. The van der Waals surface area contributed by atoms with Crippen LogP contribution in [0.5, 0.6) is 5.75 Å². The van der Waals surface area contributed by atoms with Gasteiger partial charge in [-0.3, -0.25) is 4.79 Å². The Balaban J connectivity index is 1.90. The van der Waals surface area contributed by atoms with Gasteiger partial charge in [-0.25, -0.2) is 0 Å². The quantitative estimate of drug-likeness (QED) is 0.718. The Morgan fingerprint density at radius 3 is 2.72 bits per heavy atom. The molecule has 2 aromatic carbocycles. The second-order valence-electron chi connectivity index (χ2n) is 8.50. The van der Waals surface area contributed by atoms with Gasteiger partial charge in [-0.2, -0.15) is 5.26 Å². The second-order valence-corrected chi connectivity index (χ2v) is 8.89. The molecule has 4 rings (SSSR count). The summed E-state index contributed by atoms with van der Waals surface area (Å²) in [4.78, 5) is 17.2. The first-order valence-electron chi connectivity index (χ1n) is 10.6. The van der Waals surface area contributed by atoms with E-state index < -0.39 is 5.60 Å². The normalized spacial score (nSPS) is 16.1. The van der Waals surface area contributed by atoms with Crippen LogP contribution in [0.15, 0.2) is 48.0 Å². The molecule has 0 spiro atoms. The van der Waals surface area contributed by atoms with Crippen molar-refractivity contribution in [3.05, 3.63) is 70.3 Å². The summed E-state index contributed by atoms with van der Waals surface area (Å²) >= 11 is 5.52. The van der Waals surface area contributed by atoms with E-state index in [-0.39, 0.29) is 5.91 Å². The van der Waals surface area contributed by atoms with Gasteiger partial charge < -0.3 is 19.9 Å². The van der Waals surface area contributed by atoms with E-state index in [4.69, 9.17) is 17.0 Å². The third-order valence-electron chi connectivity index (χ3n) is 5.90. The monoisotopic (exact) mass is 446 g/mol. The number of fused-ring (bicyclic) bond motifs is 2. The molecule has 0 fully saturated rings. The van der Waals surface area contributed by atoms with Gasteiger partial charge in [-0.15, -0.1) is 0 Å². The Morgan fingerprint density at radius 2 is 2.03 bits per heavy atom. The average Bonchev–Trinajstić information content (AvgIpc) is 3.10. The van der Waals surface area contributed by atoms with Crippen LogP contribution >= 0.6 is 12.2 Å². The molecular weight excluding hydrogens is 420 g/mol. The minimum Gasteiger partial charge on any atom is -0.483 e. The number of carbonyl (C=O) groups excluding carboxylic acids is 1. The molecule has 1 N–H and O–H groups in total. The zero-order valence-electron chi connectivity index (χ0n) is 18.7. The zero-order chi connectivity index (χ0) is 23.0. The van der Waals surface area contributed by atoms with E-state index in [9.17, 15) is 10.1 Å². The van der Waals surface area contributed by atoms with Crippen LogP contribution in [0, 0.1) is 11.3 Å². The second kappa shape index (κ2) is 8.29. The number of hydrogen-bond acceptors (Lipinski definition) is 4. The minimum atomic E-state index is -0.679. The van der Waals surface area contributed by atoms with Crippen LogP contribution in [0.25, 0.3) is 5.70 Å². The van der Waals surface area contributed by atoms with Crippen molar-refractivity contribution in [2.45, 2.75) is 32.9 Å². The fourth-order valence-corrected chi connectivity index (χ4v) is 4.47. The number of benzene rings is 2. The first-order chi connectivity index (χ1) is 15.3. The van der Waals surface area contributed by atoms with Gasteiger partial charge in [0.1, 0.15) is 11.4 Å². The topological polar surface area (TPSA) is 68.6 Å². The summed E-state index contributed by atoms with van der Waals surface area (Å²) in [6, 6.07) is 15.2. The highest BCUT2D eigenvalue weighted by Crippen LogP contribution is 2.45. The first-order valence-corrected chi connectivity index (χ1v) is 11.0. The van der Waals surface area contributed by atoms with Crippen LogP contribution in [0.4, 0.5) is 0 Å². The summed E-state index contributed by atoms with van der Waals surface area (Å²) in [5.74, 6) is 0.615. The van der Waals surface area contributed by atoms with Gasteiger partial charge in [-0.1, -0.05) is 18.2 Å². The van der Waals surface area contributed by atoms with Crippen molar-refractivity contribution >= 4 is 28.9 Å². The summed E-state index contributed by atoms with van der Waals surface area (Å²) in [5.41, 5.74) is 4.01. The van der Waals surface area contributed by atoms with E-state index >= 15 is 0 Å². The Morgan fingerprint density at radius 1 is 1.28 bits per heavy atom. The summed E-state index contributed by atoms with van der Waals surface area (Å²) in [7, 11) is 1.92. The van der Waals surface area contributed by atoms with Crippen molar-refractivity contribution < 1.29 is 9.53 Å². The van der Waals surface area contributed by atoms with E-state index in [0.29, 0.717) is 35.1 Å². The lowest BCUT2D eigenvalue weighted by Crippen LogP contribution is -2.45. The maximum absolute atomic E-state index is 13.5. The lowest BCUT2D eigenvalue weighted by molar-refractivity contribution is 0.0841. The van der Waals surface area contributed by atoms with E-state index in [1.807, 2.05) is 68.0 Å². The first kappa shape index (κ1) is 21.8. The van der Waals surface area contributed by atoms with Crippen molar-refractivity contribution in [3.63, 3.8) is 0 Å². The van der Waals surface area contributed by atoms with E-state index in [2.05, 4.69) is 11.4 Å². The van der Waals surface area contributed by atoms with Crippen molar-refractivity contribution in [3.8, 4) is 11.8 Å². The largest absolute Gasteiger partial charge is 0.483 e. The molecule has 2 aromatic rings. The summed E-state index contributed by atoms with van der Waals surface area (Å²) < 4.78 is 6.38. The van der Waals surface area contributed by atoms with E-state index in [1.54, 1.807) is 12.1 Å². The van der Waals surface area contributed by atoms with Gasteiger partial charge >= 0.3 is 0 Å². The Bertz CT molecular complexity index is 1180. The Hall–Kier alpha value is -3.37. The Labute approximate surface area is 194 Å². The van der Waals surface area contributed by atoms with Gasteiger partial charge in [0.25, 0.3) is 5.91 Å². The SMILES string of the molecule is CCNC(=S)N(C)CC1=C(N2Cc3ccccc3C2=O)c2cc(C#N)ccc2OC1(C)C. The predicted octanol–water partition coefficient (Wildman–Crippen LogP) is 3.92. The molecule has 164 valence electrons. The van der Waals surface area contributed by atoms with Crippen LogP contribution in [0.1, 0.15) is 47.8 Å². The number of nitriles is 1. The van der Waals surface area contributed by atoms with Gasteiger partial charge in [0, 0.05) is 36.8 Å². The maximum atomic E-state index is 13.5. The molecule has 0 aliphatic carbocycles. The number of hydrogen-bond donors (Lipinski definition) is 1. The van der Waals surface area contributed by atoms with Crippen molar-refractivity contribution in [2.75, 3.05) is 20.1 Å². The van der Waals surface area contributed by atoms with Crippen LogP contribution in [-0.4, -0.2) is 46.6 Å². The number of rotatable bonds is 4. The molecule has 32 heavy (non-hydrogen) atoms. The summed E-state index contributed by atoms with van der Waals surface area (Å²) in [6.45, 7) is 7.68. The third-order valence-corrected chi connectivity index (χ3v) is 6.36. The molecule has 2 aliphatic heterocycles. The molecule has 0 bridgehead atoms. The predicted molar refractivity (Wildman–Crippen MR) is 128 cm³/mol. The molecule has 0 atom stereocenters. The number of ether oxygens (including phenoxy) is 1. The Kier molecular flexibility index (Phi) is 5.66. The third kappa shape index (κ3) is 3.71. The molecule has 0 radical (unpaired) electrons. The minimum absolute atomic E-state index is 0.0453. The maximum Gasteiger partial charge on any atom is 0.258 e. The highest BCUT2D eigenvalue weighted by Gasteiger charge is 2.41. The average molecular weight is 447 g/mol. The van der Waals surface area contributed by atoms with Crippen LogP contribution < -0.4 is 10.1 Å². The number of thiocarbonyl (C=S) groups is 1. The number of amides is 1. The van der Waals surface area contributed by atoms with Gasteiger partial charge in [0.2, 0.25) is 0 Å². The lowest BCUT2D eigenvalue weighted by atomic mass is 9.88. The molecule has 2 heterocycles. The molecule has 6 nitrogen and oxygen atoms in total. The molecule has 0 aromatic heterocycles. The molecule has 2 aliphatic rings. The molecule has 0 saturated carbocycles. The van der Waals surface area contributed by atoms with Crippen molar-refractivity contribution in [1.82, 2.24) is 15.1 Å². The summed E-state index contributed by atoms with van der Waals surface area (Å²) in [5, 5.41) is 13.3. The molecule has 0 unspecified atom stereocenters. The van der Waals surface area contributed by atoms with Gasteiger partial charge in [0.05, 0.1) is 23.9 Å². The lowest BCUT2D eigenvalue weighted by Gasteiger charge is -2.41. The van der Waals surface area contributed by atoms with Crippen LogP contribution in [-0.2, 0) is 6.54 Å². The van der Waals surface area contributed by atoms with E-state index in [0.717, 1.165) is 28.9 Å². The highest BCUT2D eigenvalue weighted by atomic mass is 32.1. The molecular formula is C25H26N4O2S. The number of nitrogens with one attached hydrogen (secondary N) is 1. The molecule has 0 saturated heterocycles. The van der Waals surface area contributed by atoms with Gasteiger partial charge in [0.15, 0.2) is 5.11 Å². The number of carbonyl (C=O) groups is 1. The van der Waals surface area contributed by atoms with E-state index in [1.165, 1.54) is 0 Å². The molecule has 1 amide bonds. The van der Waals surface area contributed by atoms with Gasteiger partial charge in [-0.05, 0) is 62.8 Å². The zero-order valence-corrected chi connectivity index (χ0v) is 19.5. The van der Waals surface area contributed by atoms with Crippen LogP contribution in [0.2, 0.25) is 0 Å².